The summed E-state index contributed by atoms with van der Waals surface area (Å²) in [5, 5.41) is 2.80. The van der Waals surface area contributed by atoms with Gasteiger partial charge in [-0.15, -0.1) is 0 Å². The van der Waals surface area contributed by atoms with Crippen LogP contribution in [0.25, 0.3) is 0 Å². The Bertz CT molecular complexity index is 752. The molecule has 2 aromatic rings. The van der Waals surface area contributed by atoms with Crippen molar-refractivity contribution in [3.05, 3.63) is 65.7 Å². The number of benzene rings is 1. The third-order valence-corrected chi connectivity index (χ3v) is 4.14. The van der Waals surface area contributed by atoms with Gasteiger partial charge in [0.05, 0.1) is 6.04 Å². The van der Waals surface area contributed by atoms with E-state index in [1.807, 2.05) is 6.07 Å². The maximum absolute atomic E-state index is 13.2. The molecule has 3 rings (SSSR count). The van der Waals surface area contributed by atoms with E-state index in [2.05, 4.69) is 10.3 Å². The summed E-state index contributed by atoms with van der Waals surface area (Å²) in [5.41, 5.74) is 1.49. The standard InChI is InChI=1S/C18H18FN3O3/c1-22-15(23)11-25-17(16(22)13-4-6-14(19)7-5-13)18(24)21-10-12-3-2-8-20-9-12/h2-9,16-17H,10-11H2,1H3,(H,21,24)/t16-,17-/m0/s1. The van der Waals surface area contributed by atoms with E-state index in [-0.39, 0.29) is 24.2 Å². The fraction of sp³-hybridized carbons (Fsp3) is 0.278. The number of aromatic nitrogens is 1. The molecule has 0 spiro atoms. The van der Waals surface area contributed by atoms with Crippen LogP contribution in [0.4, 0.5) is 4.39 Å². The lowest BCUT2D eigenvalue weighted by molar-refractivity contribution is -0.162. The SMILES string of the molecule is CN1C(=O)CO[C@H](C(=O)NCc2cccnc2)[C@@H]1c1ccc(F)cc1. The maximum Gasteiger partial charge on any atom is 0.251 e. The predicted molar refractivity (Wildman–Crippen MR) is 87.7 cm³/mol. The van der Waals surface area contributed by atoms with Crippen molar-refractivity contribution < 1.29 is 18.7 Å². The van der Waals surface area contributed by atoms with Crippen molar-refractivity contribution in [1.82, 2.24) is 15.2 Å². The Kier molecular flexibility index (Phi) is 5.04. The first-order chi connectivity index (χ1) is 12.1. The molecule has 7 heteroatoms. The lowest BCUT2D eigenvalue weighted by atomic mass is 9.97. The minimum absolute atomic E-state index is 0.167. The number of hydrogen-bond acceptors (Lipinski definition) is 4. The minimum atomic E-state index is -0.871. The number of pyridine rings is 1. The summed E-state index contributed by atoms with van der Waals surface area (Å²) in [5.74, 6) is -0.949. The largest absolute Gasteiger partial charge is 0.356 e. The molecule has 130 valence electrons. The second kappa shape index (κ2) is 7.40. The van der Waals surface area contributed by atoms with Crippen LogP contribution in [0.2, 0.25) is 0 Å². The number of carbonyl (C=O) groups is 2. The number of amides is 2. The number of nitrogens with zero attached hydrogens (tertiary/aromatic N) is 2. The number of halogens is 1. The highest BCUT2D eigenvalue weighted by Gasteiger charge is 2.39. The molecule has 1 aliphatic heterocycles. The first-order valence-electron chi connectivity index (χ1n) is 7.85. The van der Waals surface area contributed by atoms with E-state index in [9.17, 15) is 14.0 Å². The van der Waals surface area contributed by atoms with Crippen LogP contribution in [0.1, 0.15) is 17.2 Å². The zero-order valence-corrected chi connectivity index (χ0v) is 13.7. The van der Waals surface area contributed by atoms with Gasteiger partial charge in [0.15, 0.2) is 6.10 Å². The second-order valence-electron chi connectivity index (χ2n) is 5.81. The van der Waals surface area contributed by atoms with E-state index in [4.69, 9.17) is 4.74 Å². The first-order valence-corrected chi connectivity index (χ1v) is 7.85. The van der Waals surface area contributed by atoms with Gasteiger partial charge in [-0.3, -0.25) is 14.6 Å². The number of nitrogens with one attached hydrogen (secondary N) is 1. The number of hydrogen-bond donors (Lipinski definition) is 1. The van der Waals surface area contributed by atoms with Crippen LogP contribution in [-0.4, -0.2) is 41.5 Å². The number of morpholine rings is 1. The van der Waals surface area contributed by atoms with Crippen LogP contribution in [0.15, 0.2) is 48.8 Å². The molecular formula is C18H18FN3O3. The van der Waals surface area contributed by atoms with Gasteiger partial charge >= 0.3 is 0 Å². The lowest BCUT2D eigenvalue weighted by Gasteiger charge is -2.38. The summed E-state index contributed by atoms with van der Waals surface area (Å²) in [6.45, 7) is 0.138. The van der Waals surface area contributed by atoms with Crippen LogP contribution in [-0.2, 0) is 20.9 Å². The van der Waals surface area contributed by atoms with E-state index in [0.717, 1.165) is 5.56 Å². The van der Waals surface area contributed by atoms with Crippen molar-refractivity contribution in [3.8, 4) is 0 Å². The molecule has 0 bridgehead atoms. The smallest absolute Gasteiger partial charge is 0.251 e. The molecule has 25 heavy (non-hydrogen) atoms. The molecule has 1 N–H and O–H groups in total. The highest BCUT2D eigenvalue weighted by Crippen LogP contribution is 2.29. The second-order valence-corrected chi connectivity index (χ2v) is 5.81. The highest BCUT2D eigenvalue weighted by molar-refractivity contribution is 5.86. The fourth-order valence-corrected chi connectivity index (χ4v) is 2.78. The van der Waals surface area contributed by atoms with Crippen molar-refractivity contribution in [1.29, 1.82) is 0 Å². The van der Waals surface area contributed by atoms with E-state index >= 15 is 0 Å². The first kappa shape index (κ1) is 17.0. The normalized spacial score (nSPS) is 20.4. The third-order valence-electron chi connectivity index (χ3n) is 4.14. The molecule has 0 radical (unpaired) electrons. The average Bonchev–Trinajstić information content (AvgIpc) is 2.63. The van der Waals surface area contributed by atoms with Gasteiger partial charge in [-0.1, -0.05) is 18.2 Å². The third kappa shape index (κ3) is 3.83. The molecule has 1 saturated heterocycles. The van der Waals surface area contributed by atoms with Crippen LogP contribution in [0.5, 0.6) is 0 Å². The summed E-state index contributed by atoms with van der Waals surface area (Å²) in [7, 11) is 1.61. The van der Waals surface area contributed by atoms with Crippen molar-refractivity contribution in [2.45, 2.75) is 18.7 Å². The molecule has 2 amide bonds. The Balaban J connectivity index is 1.78. The molecule has 0 saturated carbocycles. The van der Waals surface area contributed by atoms with Crippen LogP contribution >= 0.6 is 0 Å². The molecule has 2 heterocycles. The highest BCUT2D eigenvalue weighted by atomic mass is 19.1. The fourth-order valence-electron chi connectivity index (χ4n) is 2.78. The van der Waals surface area contributed by atoms with Gasteiger partial charge in [0.2, 0.25) is 5.91 Å². The van der Waals surface area contributed by atoms with Crippen molar-refractivity contribution in [3.63, 3.8) is 0 Å². The Hall–Kier alpha value is -2.80. The van der Waals surface area contributed by atoms with Gasteiger partial charge in [0.1, 0.15) is 12.4 Å². The average molecular weight is 343 g/mol. The molecule has 1 aromatic heterocycles. The molecular weight excluding hydrogens is 325 g/mol. The Labute approximate surface area is 144 Å². The zero-order chi connectivity index (χ0) is 17.8. The molecule has 0 aliphatic carbocycles. The monoisotopic (exact) mass is 343 g/mol. The summed E-state index contributed by atoms with van der Waals surface area (Å²) >= 11 is 0. The maximum atomic E-state index is 13.2. The molecule has 6 nitrogen and oxygen atoms in total. The van der Waals surface area contributed by atoms with Crippen molar-refractivity contribution >= 4 is 11.8 Å². The number of rotatable bonds is 4. The van der Waals surface area contributed by atoms with Crippen LogP contribution in [0, 0.1) is 5.82 Å². The van der Waals surface area contributed by atoms with Gasteiger partial charge in [0, 0.05) is 26.0 Å². The number of likely N-dealkylation sites (N-methyl/N-ethyl adjacent to an activating group) is 1. The van der Waals surface area contributed by atoms with E-state index < -0.39 is 12.1 Å². The zero-order valence-electron chi connectivity index (χ0n) is 13.7. The Morgan fingerprint density at radius 2 is 2.12 bits per heavy atom. The van der Waals surface area contributed by atoms with Gasteiger partial charge in [0.25, 0.3) is 5.91 Å². The Morgan fingerprint density at radius 3 is 2.80 bits per heavy atom. The Morgan fingerprint density at radius 1 is 1.36 bits per heavy atom. The van der Waals surface area contributed by atoms with Gasteiger partial charge in [-0.25, -0.2) is 4.39 Å². The molecule has 1 aromatic carbocycles. The summed E-state index contributed by atoms with van der Waals surface area (Å²) in [6, 6.07) is 8.73. The van der Waals surface area contributed by atoms with E-state index in [1.54, 1.807) is 37.6 Å². The molecule has 1 aliphatic rings. The lowest BCUT2D eigenvalue weighted by Crippen LogP contribution is -2.52. The van der Waals surface area contributed by atoms with Gasteiger partial charge in [-0.2, -0.15) is 0 Å². The summed E-state index contributed by atoms with van der Waals surface area (Å²) in [6.07, 6.45) is 2.44. The molecule has 1 fully saturated rings. The van der Waals surface area contributed by atoms with Crippen LogP contribution < -0.4 is 5.32 Å². The minimum Gasteiger partial charge on any atom is -0.356 e. The topological polar surface area (TPSA) is 71.5 Å². The van der Waals surface area contributed by atoms with Crippen molar-refractivity contribution in [2.24, 2.45) is 0 Å². The summed E-state index contributed by atoms with van der Waals surface area (Å²) < 4.78 is 18.7. The van der Waals surface area contributed by atoms with Crippen LogP contribution in [0.3, 0.4) is 0 Å². The molecule has 2 atom stereocenters. The number of carbonyl (C=O) groups excluding carboxylic acids is 2. The predicted octanol–water partition coefficient (Wildman–Crippen LogP) is 1.44. The van der Waals surface area contributed by atoms with Gasteiger partial charge in [-0.05, 0) is 29.3 Å². The van der Waals surface area contributed by atoms with E-state index in [1.165, 1.54) is 17.0 Å². The number of ether oxygens (including phenoxy) is 1. The van der Waals surface area contributed by atoms with Gasteiger partial charge < -0.3 is 15.0 Å². The molecule has 0 unspecified atom stereocenters. The quantitative estimate of drug-likeness (QED) is 0.912. The van der Waals surface area contributed by atoms with E-state index in [0.29, 0.717) is 12.1 Å². The van der Waals surface area contributed by atoms with Crippen molar-refractivity contribution in [2.75, 3.05) is 13.7 Å². The summed E-state index contributed by atoms with van der Waals surface area (Å²) in [4.78, 5) is 30.0.